The molecule has 0 saturated carbocycles. The van der Waals surface area contributed by atoms with Gasteiger partial charge in [0.2, 0.25) is 0 Å². The van der Waals surface area contributed by atoms with Crippen LogP contribution in [0.3, 0.4) is 0 Å². The molecule has 0 bridgehead atoms. The van der Waals surface area contributed by atoms with Gasteiger partial charge in [0, 0.05) is 17.8 Å². The highest BCUT2D eigenvalue weighted by atomic mass is 32.1. The third-order valence-electron chi connectivity index (χ3n) is 6.21. The number of benzene rings is 1. The molecule has 0 amide bonds. The van der Waals surface area contributed by atoms with Gasteiger partial charge in [0.25, 0.3) is 5.56 Å². The highest BCUT2D eigenvalue weighted by molar-refractivity contribution is 7.15. The van der Waals surface area contributed by atoms with Gasteiger partial charge in [-0.2, -0.15) is 5.10 Å². The van der Waals surface area contributed by atoms with Crippen molar-refractivity contribution in [3.63, 3.8) is 0 Å². The predicted octanol–water partition coefficient (Wildman–Crippen LogP) is 4.83. The van der Waals surface area contributed by atoms with Crippen LogP contribution in [-0.4, -0.2) is 34.1 Å². The summed E-state index contributed by atoms with van der Waals surface area (Å²) in [6.07, 6.45) is 4.15. The van der Waals surface area contributed by atoms with Crippen LogP contribution in [0.1, 0.15) is 31.5 Å². The van der Waals surface area contributed by atoms with Crippen molar-refractivity contribution in [2.45, 2.75) is 32.7 Å². The SMILES string of the molecule is CC(C)(C)c1ncc(-c2nn(Cc3nc4ccc(F)cn4c(=O)c3-c3cccc(F)c3)c3ncnc(N)c23)s1. The van der Waals surface area contributed by atoms with Crippen LogP contribution < -0.4 is 11.3 Å². The number of fused-ring (bicyclic) bond motifs is 2. The molecule has 6 aromatic rings. The van der Waals surface area contributed by atoms with Gasteiger partial charge in [0.05, 0.1) is 33.1 Å². The van der Waals surface area contributed by atoms with E-state index in [9.17, 15) is 13.6 Å². The zero-order valence-corrected chi connectivity index (χ0v) is 22.0. The summed E-state index contributed by atoms with van der Waals surface area (Å²) in [5.74, 6) is -0.868. The van der Waals surface area contributed by atoms with Crippen LogP contribution in [0.25, 0.3) is 38.4 Å². The number of nitrogens with zero attached hydrogens (tertiary/aromatic N) is 7. The fourth-order valence-corrected chi connectivity index (χ4v) is 5.36. The van der Waals surface area contributed by atoms with Crippen LogP contribution in [0, 0.1) is 11.6 Å². The van der Waals surface area contributed by atoms with Crippen LogP contribution in [0.5, 0.6) is 0 Å². The minimum absolute atomic E-state index is 0.00679. The van der Waals surface area contributed by atoms with E-state index in [2.05, 4.69) is 40.7 Å². The molecule has 0 fully saturated rings. The highest BCUT2D eigenvalue weighted by Gasteiger charge is 2.24. The summed E-state index contributed by atoms with van der Waals surface area (Å²) in [4.78, 5) is 32.2. The zero-order chi connectivity index (χ0) is 27.5. The maximum Gasteiger partial charge on any atom is 0.266 e. The average molecular weight is 545 g/mol. The minimum atomic E-state index is -0.599. The molecule has 0 radical (unpaired) electrons. The van der Waals surface area contributed by atoms with Crippen molar-refractivity contribution in [1.82, 2.24) is 34.1 Å². The Morgan fingerprint density at radius 3 is 2.62 bits per heavy atom. The smallest absolute Gasteiger partial charge is 0.266 e. The first kappa shape index (κ1) is 24.7. The summed E-state index contributed by atoms with van der Waals surface area (Å²) in [6, 6.07) is 8.26. The summed E-state index contributed by atoms with van der Waals surface area (Å²) in [6.45, 7) is 6.24. The summed E-state index contributed by atoms with van der Waals surface area (Å²) >= 11 is 1.50. The number of nitrogens with two attached hydrogens (primary N) is 1. The maximum atomic E-state index is 14.2. The van der Waals surface area contributed by atoms with Crippen LogP contribution >= 0.6 is 11.3 Å². The lowest BCUT2D eigenvalue weighted by Crippen LogP contribution is -2.22. The monoisotopic (exact) mass is 544 g/mol. The van der Waals surface area contributed by atoms with Crippen molar-refractivity contribution in [3.8, 4) is 21.7 Å². The Bertz CT molecular complexity index is 1950. The Hall–Kier alpha value is -4.58. The summed E-state index contributed by atoms with van der Waals surface area (Å²) in [5.41, 5.74) is 7.56. The first-order valence-electron chi connectivity index (χ1n) is 12.0. The van der Waals surface area contributed by atoms with Crippen molar-refractivity contribution in [2.75, 3.05) is 5.73 Å². The Morgan fingerprint density at radius 2 is 1.87 bits per heavy atom. The summed E-state index contributed by atoms with van der Waals surface area (Å²) in [5, 5.41) is 6.29. The van der Waals surface area contributed by atoms with Gasteiger partial charge in [0.15, 0.2) is 5.65 Å². The normalized spacial score (nSPS) is 12.0. The van der Waals surface area contributed by atoms with Gasteiger partial charge in [-0.3, -0.25) is 9.20 Å². The van der Waals surface area contributed by atoms with Gasteiger partial charge in [-0.05, 0) is 29.8 Å². The molecule has 39 heavy (non-hydrogen) atoms. The number of aromatic nitrogens is 7. The van der Waals surface area contributed by atoms with Gasteiger partial charge < -0.3 is 5.73 Å². The van der Waals surface area contributed by atoms with E-state index < -0.39 is 17.2 Å². The number of anilines is 1. The molecule has 5 aromatic heterocycles. The van der Waals surface area contributed by atoms with E-state index in [1.54, 1.807) is 16.9 Å². The van der Waals surface area contributed by atoms with E-state index in [1.807, 2.05) is 0 Å². The third-order valence-corrected chi connectivity index (χ3v) is 7.64. The maximum absolute atomic E-state index is 14.2. The zero-order valence-electron chi connectivity index (χ0n) is 21.2. The molecule has 0 aliphatic heterocycles. The van der Waals surface area contributed by atoms with Crippen LogP contribution in [0.4, 0.5) is 14.6 Å². The van der Waals surface area contributed by atoms with E-state index in [0.717, 1.165) is 20.5 Å². The quantitative estimate of drug-likeness (QED) is 0.338. The Balaban J connectivity index is 1.58. The molecule has 0 atom stereocenters. The average Bonchev–Trinajstić information content (AvgIpc) is 3.51. The lowest BCUT2D eigenvalue weighted by molar-refractivity contribution is 0.585. The lowest BCUT2D eigenvalue weighted by Gasteiger charge is -2.13. The Morgan fingerprint density at radius 1 is 1.05 bits per heavy atom. The topological polar surface area (TPSA) is 117 Å². The number of halogens is 2. The second kappa shape index (κ2) is 9.02. The van der Waals surface area contributed by atoms with Gasteiger partial charge in [0.1, 0.15) is 35.1 Å². The lowest BCUT2D eigenvalue weighted by atomic mass is 9.98. The van der Waals surface area contributed by atoms with Crippen molar-refractivity contribution < 1.29 is 8.78 Å². The molecule has 0 aliphatic carbocycles. The van der Waals surface area contributed by atoms with Crippen molar-refractivity contribution >= 4 is 33.8 Å². The summed E-state index contributed by atoms with van der Waals surface area (Å²) < 4.78 is 30.9. The first-order valence-corrected chi connectivity index (χ1v) is 12.8. The van der Waals surface area contributed by atoms with E-state index in [1.165, 1.54) is 48.0 Å². The standard InChI is InChI=1S/C27H22F2N8OS/c1-27(2,3)26-31-10-18(39-26)22-21-23(30)32-13-33-24(21)37(35-22)12-17-20(14-5-4-6-15(28)9-14)25(38)36-11-16(29)7-8-19(36)34-17/h4-11,13H,12H2,1-3H3,(H2,30,32,33). The molecule has 12 heteroatoms. The molecular formula is C27H22F2N8OS. The largest absolute Gasteiger partial charge is 0.383 e. The molecule has 0 saturated heterocycles. The predicted molar refractivity (Wildman–Crippen MR) is 145 cm³/mol. The molecule has 0 aliphatic rings. The van der Waals surface area contributed by atoms with Crippen LogP contribution in [0.15, 0.2) is 59.9 Å². The van der Waals surface area contributed by atoms with E-state index in [0.29, 0.717) is 28.0 Å². The van der Waals surface area contributed by atoms with Gasteiger partial charge in [-0.1, -0.05) is 32.9 Å². The van der Waals surface area contributed by atoms with Gasteiger partial charge in [-0.15, -0.1) is 11.3 Å². The van der Waals surface area contributed by atoms with E-state index >= 15 is 0 Å². The van der Waals surface area contributed by atoms with Crippen molar-refractivity contribution in [3.05, 3.63) is 87.8 Å². The molecule has 9 nitrogen and oxygen atoms in total. The van der Waals surface area contributed by atoms with Crippen molar-refractivity contribution in [2.24, 2.45) is 0 Å². The Labute approximate surface area is 224 Å². The fourth-order valence-electron chi connectivity index (χ4n) is 4.39. The van der Waals surface area contributed by atoms with E-state index in [-0.39, 0.29) is 29.0 Å². The first-order chi connectivity index (χ1) is 18.6. The fraction of sp³-hybridized carbons (Fsp3) is 0.185. The number of hydrogen-bond acceptors (Lipinski definition) is 8. The highest BCUT2D eigenvalue weighted by Crippen LogP contribution is 2.37. The second-order valence-electron chi connectivity index (χ2n) is 10.1. The molecule has 6 rings (SSSR count). The van der Waals surface area contributed by atoms with Crippen LogP contribution in [-0.2, 0) is 12.0 Å². The molecule has 0 spiro atoms. The second-order valence-corrected chi connectivity index (χ2v) is 11.1. The number of rotatable bonds is 4. The number of pyridine rings is 1. The molecular weight excluding hydrogens is 522 g/mol. The van der Waals surface area contributed by atoms with E-state index in [4.69, 9.17) is 10.8 Å². The van der Waals surface area contributed by atoms with Gasteiger partial charge >= 0.3 is 0 Å². The molecule has 196 valence electrons. The van der Waals surface area contributed by atoms with Crippen molar-refractivity contribution in [1.29, 1.82) is 0 Å². The third kappa shape index (κ3) is 4.32. The number of thiazole rings is 1. The molecule has 1 aromatic carbocycles. The van der Waals surface area contributed by atoms with Gasteiger partial charge in [-0.25, -0.2) is 33.4 Å². The number of hydrogen-bond donors (Lipinski definition) is 1. The summed E-state index contributed by atoms with van der Waals surface area (Å²) in [7, 11) is 0. The minimum Gasteiger partial charge on any atom is -0.383 e. The Kier molecular flexibility index (Phi) is 5.72. The number of nitrogen functional groups attached to an aromatic ring is 1. The molecule has 5 heterocycles. The molecule has 0 unspecified atom stereocenters. The molecule has 2 N–H and O–H groups in total. The van der Waals surface area contributed by atoms with Crippen LogP contribution in [0.2, 0.25) is 0 Å².